The first-order valence-electron chi connectivity index (χ1n) is 9.59. The van der Waals surface area contributed by atoms with E-state index in [1.807, 2.05) is 17.0 Å². The number of pyridine rings is 1. The number of anilines is 1. The van der Waals surface area contributed by atoms with Crippen molar-refractivity contribution in [3.8, 4) is 0 Å². The summed E-state index contributed by atoms with van der Waals surface area (Å²) in [6.07, 6.45) is 6.08. The molecular weight excluding hydrogens is 316 g/mol. The summed E-state index contributed by atoms with van der Waals surface area (Å²) in [5.74, 6) is 0.948. The lowest BCUT2D eigenvalue weighted by Gasteiger charge is -2.40. The van der Waals surface area contributed by atoms with Crippen molar-refractivity contribution in [3.63, 3.8) is 0 Å². The summed E-state index contributed by atoms with van der Waals surface area (Å²) >= 11 is 0. The smallest absolute Gasteiger partial charge is 0.255 e. The second kappa shape index (κ2) is 9.15. The number of piperidine rings is 1. The molecule has 2 aliphatic heterocycles. The monoisotopic (exact) mass is 346 g/mol. The molecule has 1 aromatic rings. The van der Waals surface area contributed by atoms with Crippen LogP contribution in [0.3, 0.4) is 0 Å². The molecule has 25 heavy (non-hydrogen) atoms. The Hall–Kier alpha value is -1.66. The number of ether oxygens (including phenoxy) is 1. The molecule has 2 aliphatic rings. The fourth-order valence-corrected chi connectivity index (χ4v) is 3.58. The number of morpholine rings is 1. The standard InChI is InChI=1S/C19H30N4O2/c1-2-3-8-20-18-5-4-16(15-21-18)19(24)23-9-6-17(7-10-23)22-11-13-25-14-12-22/h4-5,15,17H,2-3,6-14H2,1H3,(H,20,21). The number of amides is 1. The van der Waals surface area contributed by atoms with Crippen molar-refractivity contribution in [2.45, 2.75) is 38.6 Å². The minimum Gasteiger partial charge on any atom is -0.379 e. The Morgan fingerprint density at radius 3 is 2.64 bits per heavy atom. The number of aromatic nitrogens is 1. The molecule has 138 valence electrons. The second-order valence-corrected chi connectivity index (χ2v) is 6.88. The number of likely N-dealkylation sites (tertiary alicyclic amines) is 1. The summed E-state index contributed by atoms with van der Waals surface area (Å²) in [4.78, 5) is 21.5. The predicted molar refractivity (Wildman–Crippen MR) is 99.0 cm³/mol. The van der Waals surface area contributed by atoms with Gasteiger partial charge in [-0.2, -0.15) is 0 Å². The number of carbonyl (C=O) groups excluding carboxylic acids is 1. The number of nitrogens with zero attached hydrogens (tertiary/aromatic N) is 3. The fraction of sp³-hybridized carbons (Fsp3) is 0.684. The van der Waals surface area contributed by atoms with Gasteiger partial charge in [-0.3, -0.25) is 9.69 Å². The molecule has 2 saturated heterocycles. The first-order chi connectivity index (χ1) is 12.3. The Labute approximate surface area is 150 Å². The van der Waals surface area contributed by atoms with Gasteiger partial charge >= 0.3 is 0 Å². The maximum absolute atomic E-state index is 12.7. The van der Waals surface area contributed by atoms with Crippen LogP contribution in [0.4, 0.5) is 5.82 Å². The largest absolute Gasteiger partial charge is 0.379 e. The van der Waals surface area contributed by atoms with Gasteiger partial charge in [0.15, 0.2) is 0 Å². The zero-order valence-corrected chi connectivity index (χ0v) is 15.2. The Bertz CT molecular complexity index is 535. The van der Waals surface area contributed by atoms with E-state index >= 15 is 0 Å². The lowest BCUT2D eigenvalue weighted by Crippen LogP contribution is -2.50. The molecule has 0 atom stereocenters. The molecule has 0 bridgehead atoms. The molecule has 0 aromatic carbocycles. The van der Waals surface area contributed by atoms with Gasteiger partial charge in [0.05, 0.1) is 18.8 Å². The van der Waals surface area contributed by atoms with E-state index in [2.05, 4.69) is 22.1 Å². The summed E-state index contributed by atoms with van der Waals surface area (Å²) in [5, 5.41) is 3.28. The van der Waals surface area contributed by atoms with Crippen LogP contribution in [0.5, 0.6) is 0 Å². The van der Waals surface area contributed by atoms with Gasteiger partial charge in [-0.25, -0.2) is 4.98 Å². The molecule has 3 rings (SSSR count). The molecule has 0 spiro atoms. The number of hydrogen-bond acceptors (Lipinski definition) is 5. The molecule has 6 heteroatoms. The molecule has 0 unspecified atom stereocenters. The van der Waals surface area contributed by atoms with E-state index in [4.69, 9.17) is 4.74 Å². The highest BCUT2D eigenvalue weighted by molar-refractivity contribution is 5.94. The molecule has 1 aromatic heterocycles. The van der Waals surface area contributed by atoms with Crippen LogP contribution in [0.25, 0.3) is 0 Å². The van der Waals surface area contributed by atoms with Gasteiger partial charge in [0.1, 0.15) is 5.82 Å². The zero-order chi connectivity index (χ0) is 17.5. The van der Waals surface area contributed by atoms with Crippen molar-refractivity contribution in [2.24, 2.45) is 0 Å². The highest BCUT2D eigenvalue weighted by Crippen LogP contribution is 2.19. The van der Waals surface area contributed by atoms with E-state index in [-0.39, 0.29) is 5.91 Å². The van der Waals surface area contributed by atoms with Gasteiger partial charge < -0.3 is 15.0 Å². The highest BCUT2D eigenvalue weighted by Gasteiger charge is 2.28. The van der Waals surface area contributed by atoms with Crippen molar-refractivity contribution < 1.29 is 9.53 Å². The van der Waals surface area contributed by atoms with Gasteiger partial charge in [-0.1, -0.05) is 13.3 Å². The van der Waals surface area contributed by atoms with Crippen LogP contribution in [0.2, 0.25) is 0 Å². The third-order valence-corrected chi connectivity index (χ3v) is 5.16. The fourth-order valence-electron chi connectivity index (χ4n) is 3.58. The number of rotatable bonds is 6. The van der Waals surface area contributed by atoms with Crippen molar-refractivity contribution in [2.75, 3.05) is 51.3 Å². The number of nitrogens with one attached hydrogen (secondary N) is 1. The van der Waals surface area contributed by atoms with E-state index in [1.54, 1.807) is 6.20 Å². The van der Waals surface area contributed by atoms with Crippen LogP contribution in [0.15, 0.2) is 18.3 Å². The lowest BCUT2D eigenvalue weighted by atomic mass is 10.0. The van der Waals surface area contributed by atoms with Crippen LogP contribution in [0.1, 0.15) is 43.0 Å². The highest BCUT2D eigenvalue weighted by atomic mass is 16.5. The van der Waals surface area contributed by atoms with Gasteiger partial charge in [0, 0.05) is 45.0 Å². The SMILES string of the molecule is CCCCNc1ccc(C(=O)N2CCC(N3CCOCC3)CC2)cn1. The van der Waals surface area contributed by atoms with Gasteiger partial charge in [-0.15, -0.1) is 0 Å². The van der Waals surface area contributed by atoms with Crippen molar-refractivity contribution in [1.82, 2.24) is 14.8 Å². The summed E-state index contributed by atoms with van der Waals surface area (Å²) in [5.41, 5.74) is 0.686. The minimum absolute atomic E-state index is 0.105. The van der Waals surface area contributed by atoms with E-state index in [0.717, 1.165) is 77.4 Å². The first kappa shape index (κ1) is 18.1. The Morgan fingerprint density at radius 1 is 1.24 bits per heavy atom. The quantitative estimate of drug-likeness (QED) is 0.801. The summed E-state index contributed by atoms with van der Waals surface area (Å²) < 4.78 is 5.43. The molecule has 0 saturated carbocycles. The molecule has 1 N–H and O–H groups in total. The van der Waals surface area contributed by atoms with Crippen LogP contribution in [0, 0.1) is 0 Å². The number of hydrogen-bond donors (Lipinski definition) is 1. The Kier molecular flexibility index (Phi) is 6.64. The van der Waals surface area contributed by atoms with E-state index in [1.165, 1.54) is 0 Å². The molecule has 0 aliphatic carbocycles. The van der Waals surface area contributed by atoms with Gasteiger partial charge in [0.25, 0.3) is 5.91 Å². The molecular formula is C19H30N4O2. The van der Waals surface area contributed by atoms with E-state index in [9.17, 15) is 4.79 Å². The molecule has 2 fully saturated rings. The van der Waals surface area contributed by atoms with E-state index < -0.39 is 0 Å². The molecule has 1 amide bonds. The second-order valence-electron chi connectivity index (χ2n) is 6.88. The van der Waals surface area contributed by atoms with Crippen LogP contribution < -0.4 is 5.32 Å². The summed E-state index contributed by atoms with van der Waals surface area (Å²) in [6, 6.07) is 4.39. The van der Waals surface area contributed by atoms with Gasteiger partial charge in [0.2, 0.25) is 0 Å². The van der Waals surface area contributed by atoms with Crippen molar-refractivity contribution in [3.05, 3.63) is 23.9 Å². The zero-order valence-electron chi connectivity index (χ0n) is 15.2. The average Bonchev–Trinajstić information content (AvgIpc) is 2.69. The lowest BCUT2D eigenvalue weighted by molar-refractivity contribution is 0.00158. The predicted octanol–water partition coefficient (Wildman–Crippen LogP) is 2.23. The maximum Gasteiger partial charge on any atom is 0.255 e. The number of carbonyl (C=O) groups is 1. The average molecular weight is 346 g/mol. The summed E-state index contributed by atoms with van der Waals surface area (Å²) in [7, 11) is 0. The van der Waals surface area contributed by atoms with Crippen LogP contribution >= 0.6 is 0 Å². The van der Waals surface area contributed by atoms with Crippen molar-refractivity contribution in [1.29, 1.82) is 0 Å². The molecule has 6 nitrogen and oxygen atoms in total. The Balaban J connectivity index is 1.48. The van der Waals surface area contributed by atoms with Gasteiger partial charge in [-0.05, 0) is 31.4 Å². The normalized spacial score (nSPS) is 19.8. The maximum atomic E-state index is 12.7. The molecule has 0 radical (unpaired) electrons. The van der Waals surface area contributed by atoms with Crippen LogP contribution in [-0.4, -0.2) is 72.7 Å². The number of unbranched alkanes of at least 4 members (excludes halogenated alkanes) is 1. The van der Waals surface area contributed by atoms with Crippen LogP contribution in [-0.2, 0) is 4.74 Å². The molecule has 3 heterocycles. The topological polar surface area (TPSA) is 57.7 Å². The van der Waals surface area contributed by atoms with Crippen molar-refractivity contribution >= 4 is 11.7 Å². The third kappa shape index (κ3) is 4.92. The minimum atomic E-state index is 0.105. The third-order valence-electron chi connectivity index (χ3n) is 5.16. The summed E-state index contributed by atoms with van der Waals surface area (Å²) in [6.45, 7) is 8.47. The first-order valence-corrected chi connectivity index (χ1v) is 9.59. The Morgan fingerprint density at radius 2 is 2.00 bits per heavy atom. The van der Waals surface area contributed by atoms with E-state index in [0.29, 0.717) is 11.6 Å².